The first-order valence-electron chi connectivity index (χ1n) is 8.58. The summed E-state index contributed by atoms with van der Waals surface area (Å²) in [6.07, 6.45) is 2.89. The highest BCUT2D eigenvalue weighted by atomic mass is 16.1. The Hall–Kier alpha value is -2.55. The Morgan fingerprint density at radius 3 is 2.42 bits per heavy atom. The van der Waals surface area contributed by atoms with Gasteiger partial charge in [0.05, 0.1) is 11.4 Å². The molecular weight excluding hydrogens is 296 g/mol. The first-order valence-corrected chi connectivity index (χ1v) is 8.58. The second kappa shape index (κ2) is 6.91. The van der Waals surface area contributed by atoms with E-state index in [9.17, 15) is 4.79 Å². The molecule has 3 aromatic rings. The SMILES string of the molecule is CCCCc1c(-c2ccccc2)[nH]n(-c2ccc(C)c(C)c2)c1=O. The van der Waals surface area contributed by atoms with Crippen LogP contribution in [-0.4, -0.2) is 9.78 Å². The molecule has 0 spiro atoms. The van der Waals surface area contributed by atoms with Gasteiger partial charge in [-0.1, -0.05) is 49.7 Å². The second-order valence-corrected chi connectivity index (χ2v) is 6.34. The summed E-state index contributed by atoms with van der Waals surface area (Å²) in [5.41, 5.74) is 6.24. The summed E-state index contributed by atoms with van der Waals surface area (Å²) in [5.74, 6) is 0. The van der Waals surface area contributed by atoms with Crippen molar-refractivity contribution in [3.8, 4) is 16.9 Å². The van der Waals surface area contributed by atoms with Crippen molar-refractivity contribution in [1.82, 2.24) is 9.78 Å². The molecule has 3 rings (SSSR count). The molecule has 0 radical (unpaired) electrons. The molecule has 0 aliphatic rings. The molecule has 0 bridgehead atoms. The molecule has 0 aliphatic carbocycles. The highest BCUT2D eigenvalue weighted by Gasteiger charge is 2.16. The number of hydrogen-bond donors (Lipinski definition) is 1. The van der Waals surface area contributed by atoms with E-state index >= 15 is 0 Å². The third-order valence-electron chi connectivity index (χ3n) is 4.58. The molecule has 0 fully saturated rings. The molecule has 2 aromatic carbocycles. The number of aromatic amines is 1. The minimum atomic E-state index is 0.0607. The lowest BCUT2D eigenvalue weighted by Crippen LogP contribution is -2.17. The smallest absolute Gasteiger partial charge is 0.275 e. The lowest BCUT2D eigenvalue weighted by atomic mass is 10.0. The van der Waals surface area contributed by atoms with Crippen molar-refractivity contribution in [3.63, 3.8) is 0 Å². The summed E-state index contributed by atoms with van der Waals surface area (Å²) in [6.45, 7) is 6.30. The van der Waals surface area contributed by atoms with Crippen molar-refractivity contribution in [1.29, 1.82) is 0 Å². The predicted octanol–water partition coefficient (Wildman–Crippen LogP) is 4.79. The Balaban J connectivity index is 2.16. The van der Waals surface area contributed by atoms with Crippen LogP contribution in [0.4, 0.5) is 0 Å². The maximum Gasteiger partial charge on any atom is 0.275 e. The van der Waals surface area contributed by atoms with E-state index in [0.717, 1.165) is 41.8 Å². The van der Waals surface area contributed by atoms with Gasteiger partial charge in [-0.2, -0.15) is 0 Å². The molecule has 1 heterocycles. The number of nitrogens with one attached hydrogen (secondary N) is 1. The van der Waals surface area contributed by atoms with Crippen molar-refractivity contribution >= 4 is 0 Å². The number of hydrogen-bond acceptors (Lipinski definition) is 1. The largest absolute Gasteiger partial charge is 0.290 e. The number of aromatic nitrogens is 2. The topological polar surface area (TPSA) is 37.8 Å². The Kier molecular flexibility index (Phi) is 4.70. The molecule has 1 N–H and O–H groups in total. The van der Waals surface area contributed by atoms with Gasteiger partial charge in [-0.15, -0.1) is 0 Å². The van der Waals surface area contributed by atoms with Crippen LogP contribution >= 0.6 is 0 Å². The third kappa shape index (κ3) is 3.07. The molecule has 1 aromatic heterocycles. The fourth-order valence-electron chi connectivity index (χ4n) is 2.95. The van der Waals surface area contributed by atoms with Crippen molar-refractivity contribution in [2.45, 2.75) is 40.0 Å². The minimum absolute atomic E-state index is 0.0607. The van der Waals surface area contributed by atoms with Gasteiger partial charge in [-0.25, -0.2) is 4.68 Å². The number of unbranched alkanes of at least 4 members (excludes halogenated alkanes) is 1. The van der Waals surface area contributed by atoms with Crippen molar-refractivity contribution in [2.24, 2.45) is 0 Å². The summed E-state index contributed by atoms with van der Waals surface area (Å²) in [7, 11) is 0. The van der Waals surface area contributed by atoms with E-state index in [2.05, 4.69) is 38.0 Å². The number of benzene rings is 2. The van der Waals surface area contributed by atoms with E-state index in [1.807, 2.05) is 36.4 Å². The average Bonchev–Trinajstić information content (AvgIpc) is 2.93. The van der Waals surface area contributed by atoms with E-state index in [4.69, 9.17) is 0 Å². The van der Waals surface area contributed by atoms with E-state index in [-0.39, 0.29) is 5.56 Å². The van der Waals surface area contributed by atoms with Crippen LogP contribution in [0.25, 0.3) is 16.9 Å². The van der Waals surface area contributed by atoms with Crippen LogP contribution in [0.2, 0.25) is 0 Å². The highest BCUT2D eigenvalue weighted by molar-refractivity contribution is 5.63. The molecule has 3 nitrogen and oxygen atoms in total. The summed E-state index contributed by atoms with van der Waals surface area (Å²) in [5, 5.41) is 3.34. The van der Waals surface area contributed by atoms with E-state index in [0.29, 0.717) is 0 Å². The lowest BCUT2D eigenvalue weighted by molar-refractivity contribution is 0.786. The third-order valence-corrected chi connectivity index (χ3v) is 4.58. The maximum absolute atomic E-state index is 13.0. The van der Waals surface area contributed by atoms with Crippen LogP contribution in [-0.2, 0) is 6.42 Å². The van der Waals surface area contributed by atoms with Crippen LogP contribution in [0.15, 0.2) is 53.3 Å². The Bertz CT molecular complexity index is 888. The molecule has 0 amide bonds. The molecule has 0 saturated carbocycles. The van der Waals surface area contributed by atoms with Crippen LogP contribution in [0.1, 0.15) is 36.5 Å². The maximum atomic E-state index is 13.0. The fourth-order valence-corrected chi connectivity index (χ4v) is 2.95. The number of aryl methyl sites for hydroxylation is 2. The molecule has 0 atom stereocenters. The number of H-pyrrole nitrogens is 1. The van der Waals surface area contributed by atoms with Gasteiger partial charge in [0, 0.05) is 5.56 Å². The Labute approximate surface area is 143 Å². The van der Waals surface area contributed by atoms with E-state index < -0.39 is 0 Å². The van der Waals surface area contributed by atoms with Crippen molar-refractivity contribution < 1.29 is 0 Å². The van der Waals surface area contributed by atoms with E-state index in [1.54, 1.807) is 4.68 Å². The number of rotatable bonds is 5. The molecule has 0 unspecified atom stereocenters. The monoisotopic (exact) mass is 320 g/mol. The van der Waals surface area contributed by atoms with Crippen LogP contribution in [0, 0.1) is 13.8 Å². The molecule has 0 aliphatic heterocycles. The van der Waals surface area contributed by atoms with Gasteiger partial charge in [0.25, 0.3) is 5.56 Å². The molecular formula is C21H24N2O. The summed E-state index contributed by atoms with van der Waals surface area (Å²) < 4.78 is 1.68. The minimum Gasteiger partial charge on any atom is -0.290 e. The van der Waals surface area contributed by atoms with Crippen LogP contribution < -0.4 is 5.56 Å². The van der Waals surface area contributed by atoms with Crippen molar-refractivity contribution in [3.05, 3.63) is 75.6 Å². The Morgan fingerprint density at radius 1 is 1.00 bits per heavy atom. The lowest BCUT2D eigenvalue weighted by Gasteiger charge is -2.05. The highest BCUT2D eigenvalue weighted by Crippen LogP contribution is 2.22. The number of nitrogens with zero attached hydrogens (tertiary/aromatic N) is 1. The molecule has 3 heteroatoms. The summed E-state index contributed by atoms with van der Waals surface area (Å²) >= 11 is 0. The van der Waals surface area contributed by atoms with Gasteiger partial charge >= 0.3 is 0 Å². The van der Waals surface area contributed by atoms with Crippen LogP contribution in [0.5, 0.6) is 0 Å². The quantitative estimate of drug-likeness (QED) is 0.721. The van der Waals surface area contributed by atoms with E-state index in [1.165, 1.54) is 11.1 Å². The zero-order chi connectivity index (χ0) is 17.1. The van der Waals surface area contributed by atoms with Gasteiger partial charge in [0.2, 0.25) is 0 Å². The standard InChI is InChI=1S/C21H24N2O/c1-4-5-11-19-20(17-9-7-6-8-10-17)22-23(21(19)24)18-13-12-15(2)16(3)14-18/h6-10,12-14,22H,4-5,11H2,1-3H3. The first kappa shape index (κ1) is 16.3. The van der Waals surface area contributed by atoms with Gasteiger partial charge in [0.15, 0.2) is 0 Å². The predicted molar refractivity (Wildman–Crippen MR) is 99.9 cm³/mol. The van der Waals surface area contributed by atoms with Gasteiger partial charge in [0.1, 0.15) is 0 Å². The van der Waals surface area contributed by atoms with Crippen molar-refractivity contribution in [2.75, 3.05) is 0 Å². The molecule has 124 valence electrons. The molecule has 0 saturated heterocycles. The molecule has 24 heavy (non-hydrogen) atoms. The average molecular weight is 320 g/mol. The summed E-state index contributed by atoms with van der Waals surface area (Å²) in [6, 6.07) is 16.2. The Morgan fingerprint density at radius 2 is 1.75 bits per heavy atom. The normalized spacial score (nSPS) is 11.0. The zero-order valence-corrected chi connectivity index (χ0v) is 14.6. The second-order valence-electron chi connectivity index (χ2n) is 6.34. The zero-order valence-electron chi connectivity index (χ0n) is 14.6. The fraction of sp³-hybridized carbons (Fsp3) is 0.286. The van der Waals surface area contributed by atoms with Gasteiger partial charge in [-0.3, -0.25) is 9.89 Å². The van der Waals surface area contributed by atoms with Gasteiger partial charge in [-0.05, 0) is 55.5 Å². The first-order chi connectivity index (χ1) is 11.6. The van der Waals surface area contributed by atoms with Gasteiger partial charge < -0.3 is 0 Å². The summed E-state index contributed by atoms with van der Waals surface area (Å²) in [4.78, 5) is 13.0. The van der Waals surface area contributed by atoms with Crippen LogP contribution in [0.3, 0.4) is 0 Å².